The van der Waals surface area contributed by atoms with Gasteiger partial charge in [-0.2, -0.15) is 16.8 Å². The molecule has 0 amide bonds. The highest BCUT2D eigenvalue weighted by molar-refractivity contribution is 7.86. The standard InChI is InChI=1S/C14H26O12S2/c1-9(15)25-11(7-23-27(5,17)18)13(21-3)14(22-4)12(26-10(2)16)8-24-28(6,19)20/h11-14H,7-8H2,1-6H3/t11-,12-,13-,14-/m1/s1. The van der Waals surface area contributed by atoms with E-state index in [1.165, 1.54) is 14.2 Å². The molecule has 0 fully saturated rings. The first-order chi connectivity index (χ1) is 12.7. The maximum absolute atomic E-state index is 11.4. The summed E-state index contributed by atoms with van der Waals surface area (Å²) >= 11 is 0. The maximum atomic E-state index is 11.4. The lowest BCUT2D eigenvalue weighted by Gasteiger charge is -2.34. The molecule has 0 aromatic carbocycles. The molecule has 0 bridgehead atoms. The van der Waals surface area contributed by atoms with Crippen molar-refractivity contribution in [2.24, 2.45) is 0 Å². The zero-order valence-electron chi connectivity index (χ0n) is 16.4. The molecule has 0 radical (unpaired) electrons. The minimum atomic E-state index is -3.88. The Balaban J connectivity index is 5.75. The van der Waals surface area contributed by atoms with Crippen LogP contribution in [0.5, 0.6) is 0 Å². The normalized spacial score (nSPS) is 16.6. The van der Waals surface area contributed by atoms with Crippen LogP contribution in [0.2, 0.25) is 0 Å². The van der Waals surface area contributed by atoms with Crippen molar-refractivity contribution < 1.29 is 53.7 Å². The highest BCUT2D eigenvalue weighted by Gasteiger charge is 2.40. The number of hydrogen-bond acceptors (Lipinski definition) is 12. The van der Waals surface area contributed by atoms with Crippen molar-refractivity contribution in [1.82, 2.24) is 0 Å². The Kier molecular flexibility index (Phi) is 11.1. The zero-order valence-corrected chi connectivity index (χ0v) is 18.1. The number of carbonyl (C=O) groups excluding carboxylic acids is 2. The van der Waals surface area contributed by atoms with Gasteiger partial charge in [-0.25, -0.2) is 0 Å². The van der Waals surface area contributed by atoms with Gasteiger partial charge in [0.15, 0.2) is 12.2 Å². The van der Waals surface area contributed by atoms with Crippen molar-refractivity contribution in [3.05, 3.63) is 0 Å². The van der Waals surface area contributed by atoms with Gasteiger partial charge in [0.05, 0.1) is 12.5 Å². The van der Waals surface area contributed by atoms with E-state index in [0.717, 1.165) is 26.4 Å². The molecular weight excluding hydrogens is 424 g/mol. The van der Waals surface area contributed by atoms with E-state index in [2.05, 4.69) is 8.37 Å². The molecule has 0 aliphatic carbocycles. The first-order valence-corrected chi connectivity index (χ1v) is 11.4. The quantitative estimate of drug-likeness (QED) is 0.245. The minimum absolute atomic E-state index is 0.615. The monoisotopic (exact) mass is 450 g/mol. The van der Waals surface area contributed by atoms with Crippen LogP contribution in [0.4, 0.5) is 0 Å². The predicted molar refractivity (Wildman–Crippen MR) is 94.3 cm³/mol. The van der Waals surface area contributed by atoms with E-state index in [1.54, 1.807) is 0 Å². The van der Waals surface area contributed by atoms with Crippen LogP contribution in [0.25, 0.3) is 0 Å². The van der Waals surface area contributed by atoms with Crippen LogP contribution < -0.4 is 0 Å². The Morgan fingerprint density at radius 3 is 1.18 bits per heavy atom. The number of carbonyl (C=O) groups is 2. The van der Waals surface area contributed by atoms with Gasteiger partial charge in [-0.1, -0.05) is 0 Å². The van der Waals surface area contributed by atoms with E-state index in [-0.39, 0.29) is 0 Å². The summed E-state index contributed by atoms with van der Waals surface area (Å²) < 4.78 is 75.0. The largest absolute Gasteiger partial charge is 0.457 e. The number of hydrogen-bond donors (Lipinski definition) is 0. The zero-order chi connectivity index (χ0) is 22.1. The first kappa shape index (κ1) is 26.7. The van der Waals surface area contributed by atoms with Gasteiger partial charge in [-0.15, -0.1) is 0 Å². The van der Waals surface area contributed by atoms with Gasteiger partial charge in [0.1, 0.15) is 25.4 Å². The lowest BCUT2D eigenvalue weighted by atomic mass is 10.0. The van der Waals surface area contributed by atoms with E-state index in [1.807, 2.05) is 0 Å². The molecule has 0 aliphatic heterocycles. The third-order valence-electron chi connectivity index (χ3n) is 3.13. The molecule has 0 aromatic heterocycles. The van der Waals surface area contributed by atoms with E-state index in [0.29, 0.717) is 0 Å². The van der Waals surface area contributed by atoms with Crippen molar-refractivity contribution in [2.75, 3.05) is 39.9 Å². The summed E-state index contributed by atoms with van der Waals surface area (Å²) in [5, 5.41) is 0. The van der Waals surface area contributed by atoms with E-state index < -0.39 is 69.8 Å². The fraction of sp³-hybridized carbons (Fsp3) is 0.857. The molecular formula is C14H26O12S2. The lowest BCUT2D eigenvalue weighted by Crippen LogP contribution is -2.52. The second-order valence-corrected chi connectivity index (χ2v) is 8.96. The molecule has 28 heavy (non-hydrogen) atoms. The van der Waals surface area contributed by atoms with Gasteiger partial charge in [0.25, 0.3) is 20.2 Å². The maximum Gasteiger partial charge on any atom is 0.303 e. The average molecular weight is 450 g/mol. The summed E-state index contributed by atoms with van der Waals surface area (Å²) in [7, 11) is -5.34. The van der Waals surface area contributed by atoms with Gasteiger partial charge >= 0.3 is 11.9 Å². The van der Waals surface area contributed by atoms with Crippen LogP contribution in [0.1, 0.15) is 13.8 Å². The molecule has 0 heterocycles. The Morgan fingerprint density at radius 2 is 1.00 bits per heavy atom. The molecule has 0 unspecified atom stereocenters. The molecule has 0 rings (SSSR count). The van der Waals surface area contributed by atoms with Gasteiger partial charge in [-0.05, 0) is 0 Å². The fourth-order valence-corrected chi connectivity index (χ4v) is 2.96. The molecule has 4 atom stereocenters. The van der Waals surface area contributed by atoms with Gasteiger partial charge in [0.2, 0.25) is 0 Å². The average Bonchev–Trinajstić information content (AvgIpc) is 2.51. The predicted octanol–water partition coefficient (Wildman–Crippen LogP) is -1.17. The van der Waals surface area contributed by atoms with Gasteiger partial charge in [0, 0.05) is 28.1 Å². The van der Waals surface area contributed by atoms with Crippen LogP contribution in [-0.4, -0.2) is 93.1 Å². The molecule has 166 valence electrons. The number of ether oxygens (including phenoxy) is 4. The molecule has 0 N–H and O–H groups in total. The van der Waals surface area contributed by atoms with Crippen LogP contribution in [0, 0.1) is 0 Å². The van der Waals surface area contributed by atoms with Gasteiger partial charge < -0.3 is 18.9 Å². The molecule has 0 spiro atoms. The van der Waals surface area contributed by atoms with Crippen molar-refractivity contribution in [3.8, 4) is 0 Å². The number of methoxy groups -OCH3 is 2. The third-order valence-corrected chi connectivity index (χ3v) is 4.26. The summed E-state index contributed by atoms with van der Waals surface area (Å²) in [5.74, 6) is -1.54. The summed E-state index contributed by atoms with van der Waals surface area (Å²) in [4.78, 5) is 22.8. The van der Waals surface area contributed by atoms with E-state index >= 15 is 0 Å². The van der Waals surface area contributed by atoms with E-state index in [4.69, 9.17) is 18.9 Å². The van der Waals surface area contributed by atoms with Crippen LogP contribution in [-0.2, 0) is 57.1 Å². The molecule has 0 saturated heterocycles. The molecule has 14 heteroatoms. The number of rotatable bonds is 13. The summed E-state index contributed by atoms with van der Waals surface area (Å²) in [6.07, 6.45) is -3.40. The van der Waals surface area contributed by atoms with Crippen molar-refractivity contribution in [1.29, 1.82) is 0 Å². The second-order valence-electron chi connectivity index (χ2n) is 5.67. The Labute approximate surface area is 164 Å². The number of esters is 2. The smallest absolute Gasteiger partial charge is 0.303 e. The lowest BCUT2D eigenvalue weighted by molar-refractivity contribution is -0.186. The minimum Gasteiger partial charge on any atom is -0.457 e. The van der Waals surface area contributed by atoms with Crippen molar-refractivity contribution >= 4 is 32.2 Å². The van der Waals surface area contributed by atoms with E-state index in [9.17, 15) is 26.4 Å². The molecule has 0 aromatic rings. The van der Waals surface area contributed by atoms with Crippen molar-refractivity contribution in [2.45, 2.75) is 38.3 Å². The van der Waals surface area contributed by atoms with Crippen LogP contribution >= 0.6 is 0 Å². The third kappa shape index (κ3) is 11.5. The first-order valence-electron chi connectivity index (χ1n) is 7.79. The highest BCUT2D eigenvalue weighted by atomic mass is 32.2. The second kappa shape index (κ2) is 11.6. The fourth-order valence-electron chi connectivity index (χ4n) is 2.19. The Bertz CT molecular complexity index is 653. The summed E-state index contributed by atoms with van der Waals surface area (Å²) in [6, 6.07) is 0. The topological polar surface area (TPSA) is 158 Å². The molecule has 0 saturated carbocycles. The van der Waals surface area contributed by atoms with Crippen LogP contribution in [0.15, 0.2) is 0 Å². The van der Waals surface area contributed by atoms with Crippen LogP contribution in [0.3, 0.4) is 0 Å². The Morgan fingerprint density at radius 1 is 0.714 bits per heavy atom. The van der Waals surface area contributed by atoms with Crippen molar-refractivity contribution in [3.63, 3.8) is 0 Å². The summed E-state index contributed by atoms with van der Waals surface area (Å²) in [5.41, 5.74) is 0. The highest BCUT2D eigenvalue weighted by Crippen LogP contribution is 2.19. The summed E-state index contributed by atoms with van der Waals surface area (Å²) in [6.45, 7) is 0.934. The molecule has 12 nitrogen and oxygen atoms in total. The SMILES string of the molecule is CO[C@@H]([C@H](OC)[C@@H](COS(C)(=O)=O)OC(C)=O)[C@@H](COS(C)(=O)=O)OC(C)=O. The van der Waals surface area contributed by atoms with Gasteiger partial charge in [-0.3, -0.25) is 18.0 Å². The Hall–Kier alpha value is -1.32. The molecule has 0 aliphatic rings.